The summed E-state index contributed by atoms with van der Waals surface area (Å²) < 4.78 is 0. The first-order valence-corrected chi connectivity index (χ1v) is 5.40. The van der Waals surface area contributed by atoms with Crippen molar-refractivity contribution in [2.75, 3.05) is 18.0 Å². The van der Waals surface area contributed by atoms with Crippen molar-refractivity contribution in [1.29, 1.82) is 5.26 Å². The van der Waals surface area contributed by atoms with Crippen LogP contribution in [0.1, 0.15) is 25.3 Å². The number of nitriles is 1. The second-order valence-electron chi connectivity index (χ2n) is 4.21. The minimum Gasteiger partial charge on any atom is -0.356 e. The van der Waals surface area contributed by atoms with Crippen molar-refractivity contribution in [3.63, 3.8) is 0 Å². The van der Waals surface area contributed by atoms with Gasteiger partial charge in [0.1, 0.15) is 5.82 Å². The molecule has 15 heavy (non-hydrogen) atoms. The zero-order valence-electron chi connectivity index (χ0n) is 8.98. The van der Waals surface area contributed by atoms with Crippen molar-refractivity contribution in [1.82, 2.24) is 4.98 Å². The molecule has 0 amide bonds. The number of nitrogens with zero attached hydrogens (tertiary/aromatic N) is 3. The summed E-state index contributed by atoms with van der Waals surface area (Å²) >= 11 is 0. The number of anilines is 1. The van der Waals surface area contributed by atoms with Crippen molar-refractivity contribution in [2.24, 2.45) is 5.92 Å². The van der Waals surface area contributed by atoms with Crippen LogP contribution in [0.2, 0.25) is 0 Å². The average Bonchev–Trinajstić information content (AvgIpc) is 2.29. The first-order valence-electron chi connectivity index (χ1n) is 5.40. The Morgan fingerprint density at radius 2 is 2.47 bits per heavy atom. The molecule has 0 spiro atoms. The number of hydrogen-bond donors (Lipinski definition) is 0. The van der Waals surface area contributed by atoms with Crippen LogP contribution < -0.4 is 4.90 Å². The fraction of sp³-hybridized carbons (Fsp3) is 0.500. The largest absolute Gasteiger partial charge is 0.356 e. The Balaban J connectivity index is 2.18. The van der Waals surface area contributed by atoms with Gasteiger partial charge in [-0.25, -0.2) is 4.98 Å². The summed E-state index contributed by atoms with van der Waals surface area (Å²) in [7, 11) is 0. The number of pyridine rings is 1. The first kappa shape index (κ1) is 9.97. The first-order chi connectivity index (χ1) is 7.29. The van der Waals surface area contributed by atoms with E-state index in [0.717, 1.165) is 24.8 Å². The molecule has 1 aliphatic heterocycles. The highest BCUT2D eigenvalue weighted by Gasteiger charge is 2.17. The van der Waals surface area contributed by atoms with Crippen molar-refractivity contribution < 1.29 is 0 Å². The maximum absolute atomic E-state index is 8.82. The highest BCUT2D eigenvalue weighted by atomic mass is 15.2. The predicted molar refractivity (Wildman–Crippen MR) is 59.6 cm³/mol. The Hall–Kier alpha value is -1.56. The molecule has 0 N–H and O–H groups in total. The fourth-order valence-electron chi connectivity index (χ4n) is 2.06. The second kappa shape index (κ2) is 4.31. The summed E-state index contributed by atoms with van der Waals surface area (Å²) in [6, 6.07) is 5.77. The molecule has 78 valence electrons. The average molecular weight is 201 g/mol. The molecule has 1 saturated heterocycles. The Kier molecular flexibility index (Phi) is 2.86. The molecule has 2 heterocycles. The normalized spacial score (nSPS) is 21.1. The molecule has 0 saturated carbocycles. The molecule has 0 bridgehead atoms. The van der Waals surface area contributed by atoms with Gasteiger partial charge < -0.3 is 4.90 Å². The minimum absolute atomic E-state index is 0.693. The van der Waals surface area contributed by atoms with Crippen LogP contribution in [0.5, 0.6) is 0 Å². The third kappa shape index (κ3) is 2.27. The van der Waals surface area contributed by atoms with Gasteiger partial charge in [-0.05, 0) is 30.9 Å². The van der Waals surface area contributed by atoms with Crippen LogP contribution >= 0.6 is 0 Å². The SMILES string of the molecule is C[C@H]1CCCN(c2cc(C#N)ccn2)C1. The van der Waals surface area contributed by atoms with Crippen LogP contribution in [0, 0.1) is 17.2 Å². The zero-order valence-corrected chi connectivity index (χ0v) is 8.98. The van der Waals surface area contributed by atoms with Crippen LogP contribution in [0.3, 0.4) is 0 Å². The molecular formula is C12H15N3. The lowest BCUT2D eigenvalue weighted by atomic mass is 10.0. The van der Waals surface area contributed by atoms with E-state index >= 15 is 0 Å². The van der Waals surface area contributed by atoms with Gasteiger partial charge in [-0.3, -0.25) is 0 Å². The molecule has 0 aliphatic carbocycles. The molecule has 1 aromatic heterocycles. The molecule has 1 aromatic rings. The smallest absolute Gasteiger partial charge is 0.129 e. The van der Waals surface area contributed by atoms with Crippen molar-refractivity contribution in [3.05, 3.63) is 23.9 Å². The quantitative estimate of drug-likeness (QED) is 0.699. The number of piperidine rings is 1. The van der Waals surface area contributed by atoms with E-state index < -0.39 is 0 Å². The van der Waals surface area contributed by atoms with Crippen molar-refractivity contribution in [2.45, 2.75) is 19.8 Å². The second-order valence-corrected chi connectivity index (χ2v) is 4.21. The van der Waals surface area contributed by atoms with Crippen LogP contribution in [-0.4, -0.2) is 18.1 Å². The van der Waals surface area contributed by atoms with Crippen molar-refractivity contribution in [3.8, 4) is 6.07 Å². The van der Waals surface area contributed by atoms with E-state index in [4.69, 9.17) is 5.26 Å². The van der Waals surface area contributed by atoms with Gasteiger partial charge in [0.05, 0.1) is 11.6 Å². The van der Waals surface area contributed by atoms with Crippen LogP contribution in [0.25, 0.3) is 0 Å². The standard InChI is InChI=1S/C12H15N3/c1-10-3-2-6-15(9-10)12-7-11(8-13)4-5-14-12/h4-5,7,10H,2-3,6,9H2,1H3/t10-/m0/s1. The highest BCUT2D eigenvalue weighted by molar-refractivity contribution is 5.45. The summed E-state index contributed by atoms with van der Waals surface area (Å²) in [4.78, 5) is 6.59. The third-order valence-corrected chi connectivity index (χ3v) is 2.86. The Bertz CT molecular complexity index is 381. The summed E-state index contributed by atoms with van der Waals surface area (Å²) in [5, 5.41) is 8.82. The lowest BCUT2D eigenvalue weighted by Crippen LogP contribution is -2.34. The molecule has 1 aliphatic rings. The summed E-state index contributed by atoms with van der Waals surface area (Å²) in [5.41, 5.74) is 0.693. The van der Waals surface area contributed by atoms with Gasteiger partial charge in [0, 0.05) is 19.3 Å². The number of rotatable bonds is 1. The van der Waals surface area contributed by atoms with Gasteiger partial charge in [0.15, 0.2) is 0 Å². The van der Waals surface area contributed by atoms with E-state index in [2.05, 4.69) is 22.9 Å². The number of aromatic nitrogens is 1. The van der Waals surface area contributed by atoms with E-state index in [9.17, 15) is 0 Å². The highest BCUT2D eigenvalue weighted by Crippen LogP contribution is 2.21. The van der Waals surface area contributed by atoms with Gasteiger partial charge in [0.25, 0.3) is 0 Å². The Morgan fingerprint density at radius 3 is 3.20 bits per heavy atom. The topological polar surface area (TPSA) is 39.9 Å². The maximum Gasteiger partial charge on any atom is 0.129 e. The fourth-order valence-corrected chi connectivity index (χ4v) is 2.06. The Labute approximate surface area is 90.4 Å². The maximum atomic E-state index is 8.82. The monoisotopic (exact) mass is 201 g/mol. The van der Waals surface area contributed by atoms with Crippen LogP contribution in [0.15, 0.2) is 18.3 Å². The van der Waals surface area contributed by atoms with Crippen molar-refractivity contribution >= 4 is 5.82 Å². The van der Waals surface area contributed by atoms with Gasteiger partial charge in [-0.2, -0.15) is 5.26 Å². The predicted octanol–water partition coefficient (Wildman–Crippen LogP) is 2.19. The lowest BCUT2D eigenvalue weighted by molar-refractivity contribution is 0.444. The molecular weight excluding hydrogens is 186 g/mol. The van der Waals surface area contributed by atoms with E-state index in [1.807, 2.05) is 6.07 Å². The van der Waals surface area contributed by atoms with Gasteiger partial charge in [-0.1, -0.05) is 6.92 Å². The molecule has 3 nitrogen and oxygen atoms in total. The van der Waals surface area contributed by atoms with E-state index in [0.29, 0.717) is 5.56 Å². The van der Waals surface area contributed by atoms with Gasteiger partial charge in [-0.15, -0.1) is 0 Å². The molecule has 0 radical (unpaired) electrons. The summed E-state index contributed by atoms with van der Waals surface area (Å²) in [6.45, 7) is 4.38. The lowest BCUT2D eigenvalue weighted by Gasteiger charge is -2.31. The zero-order chi connectivity index (χ0) is 10.7. The Morgan fingerprint density at radius 1 is 1.60 bits per heavy atom. The van der Waals surface area contributed by atoms with Gasteiger partial charge in [0.2, 0.25) is 0 Å². The molecule has 1 atom stereocenters. The van der Waals surface area contributed by atoms with Crippen LogP contribution in [-0.2, 0) is 0 Å². The third-order valence-electron chi connectivity index (χ3n) is 2.86. The van der Waals surface area contributed by atoms with Crippen LogP contribution in [0.4, 0.5) is 5.82 Å². The summed E-state index contributed by atoms with van der Waals surface area (Å²) in [6.07, 6.45) is 4.24. The van der Waals surface area contributed by atoms with E-state index in [-0.39, 0.29) is 0 Å². The molecule has 0 aromatic carbocycles. The number of hydrogen-bond acceptors (Lipinski definition) is 3. The van der Waals surface area contributed by atoms with E-state index in [1.165, 1.54) is 12.8 Å². The molecule has 1 fully saturated rings. The minimum atomic E-state index is 0.693. The molecule has 3 heteroatoms. The molecule has 0 unspecified atom stereocenters. The molecule has 2 rings (SSSR count). The van der Waals surface area contributed by atoms with Gasteiger partial charge >= 0.3 is 0 Å². The van der Waals surface area contributed by atoms with E-state index in [1.54, 1.807) is 12.3 Å². The summed E-state index contributed by atoms with van der Waals surface area (Å²) in [5.74, 6) is 1.67.